The van der Waals surface area contributed by atoms with Crippen molar-refractivity contribution >= 4 is 22.9 Å². The molecule has 0 aliphatic rings. The third-order valence-electron chi connectivity index (χ3n) is 2.04. The topological polar surface area (TPSA) is 24.9 Å². The van der Waals surface area contributed by atoms with Crippen molar-refractivity contribution in [3.63, 3.8) is 0 Å². The molecule has 0 saturated carbocycles. The first-order chi connectivity index (χ1) is 6.72. The maximum Gasteiger partial charge on any atom is 0.107 e. The quantitative estimate of drug-likeness (QED) is 0.763. The smallest absolute Gasteiger partial charge is 0.107 e. The zero-order valence-electron chi connectivity index (χ0n) is 8.72. The summed E-state index contributed by atoms with van der Waals surface area (Å²) in [5, 5.41) is 6.64. The summed E-state index contributed by atoms with van der Waals surface area (Å²) in [5.74, 6) is 1.40. The summed E-state index contributed by atoms with van der Waals surface area (Å²) in [6.07, 6.45) is 1.07. The number of halogens is 1. The molecule has 4 heteroatoms. The van der Waals surface area contributed by atoms with Gasteiger partial charge in [0, 0.05) is 23.5 Å². The van der Waals surface area contributed by atoms with E-state index < -0.39 is 0 Å². The number of nitrogens with one attached hydrogen (secondary N) is 1. The average Bonchev–Trinajstić information content (AvgIpc) is 2.52. The zero-order chi connectivity index (χ0) is 10.4. The predicted molar refractivity (Wildman–Crippen MR) is 63.1 cm³/mol. The van der Waals surface area contributed by atoms with Gasteiger partial charge in [-0.3, -0.25) is 0 Å². The fraction of sp³-hybridized carbons (Fsp3) is 0.700. The Balaban J connectivity index is 2.15. The van der Waals surface area contributed by atoms with E-state index in [9.17, 15) is 0 Å². The molecule has 0 aromatic carbocycles. The number of alkyl halides is 1. The molecule has 1 atom stereocenters. The van der Waals surface area contributed by atoms with E-state index in [0.29, 0.717) is 5.92 Å². The van der Waals surface area contributed by atoms with Gasteiger partial charge >= 0.3 is 0 Å². The molecule has 2 nitrogen and oxygen atoms in total. The van der Waals surface area contributed by atoms with E-state index in [2.05, 4.69) is 22.6 Å². The van der Waals surface area contributed by atoms with Gasteiger partial charge in [-0.2, -0.15) is 0 Å². The molecule has 0 bridgehead atoms. The van der Waals surface area contributed by atoms with Crippen LogP contribution in [0.25, 0.3) is 0 Å². The first kappa shape index (κ1) is 12.0. The minimum atomic E-state index is 0.647. The Kier molecular flexibility index (Phi) is 5.45. The fourth-order valence-electron chi connectivity index (χ4n) is 1.20. The summed E-state index contributed by atoms with van der Waals surface area (Å²) in [5.41, 5.74) is 1.11. The van der Waals surface area contributed by atoms with Gasteiger partial charge in [-0.15, -0.1) is 22.9 Å². The van der Waals surface area contributed by atoms with Crippen LogP contribution in [0.2, 0.25) is 0 Å². The van der Waals surface area contributed by atoms with E-state index in [-0.39, 0.29) is 0 Å². The highest BCUT2D eigenvalue weighted by atomic mass is 35.5. The summed E-state index contributed by atoms with van der Waals surface area (Å²) in [7, 11) is 0. The van der Waals surface area contributed by atoms with Gasteiger partial charge in [-0.25, -0.2) is 4.98 Å². The van der Waals surface area contributed by atoms with Crippen LogP contribution < -0.4 is 5.32 Å². The van der Waals surface area contributed by atoms with Crippen LogP contribution in [0.15, 0.2) is 5.38 Å². The van der Waals surface area contributed by atoms with E-state index in [0.717, 1.165) is 31.1 Å². The highest BCUT2D eigenvalue weighted by molar-refractivity contribution is 7.09. The number of hydrogen-bond acceptors (Lipinski definition) is 3. The van der Waals surface area contributed by atoms with Crippen molar-refractivity contribution < 1.29 is 0 Å². The van der Waals surface area contributed by atoms with Gasteiger partial charge in [-0.05, 0) is 25.8 Å². The van der Waals surface area contributed by atoms with Gasteiger partial charge in [0.15, 0.2) is 0 Å². The number of thiazole rings is 1. The molecule has 0 fully saturated rings. The second-order valence-electron chi connectivity index (χ2n) is 3.60. The lowest BCUT2D eigenvalue weighted by Gasteiger charge is -2.09. The number of hydrogen-bond donors (Lipinski definition) is 1. The average molecular weight is 233 g/mol. The summed E-state index contributed by atoms with van der Waals surface area (Å²) >= 11 is 7.37. The van der Waals surface area contributed by atoms with E-state index in [1.807, 2.05) is 6.92 Å². The summed E-state index contributed by atoms with van der Waals surface area (Å²) in [6, 6.07) is 0. The van der Waals surface area contributed by atoms with Crippen LogP contribution in [-0.4, -0.2) is 17.4 Å². The minimum Gasteiger partial charge on any atom is -0.310 e. The molecule has 1 heterocycles. The van der Waals surface area contributed by atoms with Crippen molar-refractivity contribution in [3.05, 3.63) is 16.1 Å². The molecule has 0 radical (unpaired) electrons. The van der Waals surface area contributed by atoms with Crippen molar-refractivity contribution in [2.75, 3.05) is 12.4 Å². The van der Waals surface area contributed by atoms with Crippen LogP contribution in [0.3, 0.4) is 0 Å². The molecule has 1 aromatic heterocycles. The van der Waals surface area contributed by atoms with Gasteiger partial charge in [0.25, 0.3) is 0 Å². The van der Waals surface area contributed by atoms with E-state index in [1.54, 1.807) is 11.3 Å². The Morgan fingerprint density at radius 2 is 2.43 bits per heavy atom. The molecule has 0 saturated heterocycles. The van der Waals surface area contributed by atoms with Crippen LogP contribution in [0.5, 0.6) is 0 Å². The molecule has 80 valence electrons. The Morgan fingerprint density at radius 3 is 3.00 bits per heavy atom. The van der Waals surface area contributed by atoms with E-state index >= 15 is 0 Å². The van der Waals surface area contributed by atoms with Crippen LogP contribution in [0, 0.1) is 12.8 Å². The van der Waals surface area contributed by atoms with Crippen molar-refractivity contribution in [1.82, 2.24) is 10.3 Å². The molecule has 0 spiro atoms. The summed E-state index contributed by atoms with van der Waals surface area (Å²) in [6.45, 7) is 6.13. The van der Waals surface area contributed by atoms with Gasteiger partial charge < -0.3 is 5.32 Å². The third kappa shape index (κ3) is 4.40. The SMILES string of the molecule is Cc1csc(CNCC(C)CCCl)n1. The number of aryl methyl sites for hydroxylation is 1. The van der Waals surface area contributed by atoms with Gasteiger partial charge in [-0.1, -0.05) is 6.92 Å². The van der Waals surface area contributed by atoms with Crippen molar-refractivity contribution in [1.29, 1.82) is 0 Å². The number of aromatic nitrogens is 1. The highest BCUT2D eigenvalue weighted by Gasteiger charge is 2.02. The molecule has 1 rings (SSSR count). The van der Waals surface area contributed by atoms with Crippen LogP contribution >= 0.6 is 22.9 Å². The fourth-order valence-corrected chi connectivity index (χ4v) is 2.31. The largest absolute Gasteiger partial charge is 0.310 e. The lowest BCUT2D eigenvalue weighted by molar-refractivity contribution is 0.501. The zero-order valence-corrected chi connectivity index (χ0v) is 10.3. The van der Waals surface area contributed by atoms with Crippen molar-refractivity contribution in [2.24, 2.45) is 5.92 Å². The lowest BCUT2D eigenvalue weighted by atomic mass is 10.1. The summed E-state index contributed by atoms with van der Waals surface area (Å²) < 4.78 is 0. The van der Waals surface area contributed by atoms with E-state index in [4.69, 9.17) is 11.6 Å². The molecule has 1 N–H and O–H groups in total. The number of nitrogens with zero attached hydrogens (tertiary/aromatic N) is 1. The van der Waals surface area contributed by atoms with Crippen molar-refractivity contribution in [3.8, 4) is 0 Å². The lowest BCUT2D eigenvalue weighted by Crippen LogP contribution is -2.20. The Bertz CT molecular complexity index is 262. The third-order valence-corrected chi connectivity index (χ3v) is 3.22. The second kappa shape index (κ2) is 6.38. The van der Waals surface area contributed by atoms with E-state index in [1.165, 1.54) is 5.01 Å². The maximum atomic E-state index is 5.66. The van der Waals surface area contributed by atoms with Crippen molar-refractivity contribution in [2.45, 2.75) is 26.8 Å². The first-order valence-corrected chi connectivity index (χ1v) is 6.31. The van der Waals surface area contributed by atoms with Crippen LogP contribution in [0.1, 0.15) is 24.0 Å². The second-order valence-corrected chi connectivity index (χ2v) is 4.92. The van der Waals surface area contributed by atoms with Crippen LogP contribution in [0.4, 0.5) is 0 Å². The molecule has 0 amide bonds. The van der Waals surface area contributed by atoms with Gasteiger partial charge in [0.1, 0.15) is 5.01 Å². The molecule has 1 unspecified atom stereocenters. The number of rotatable bonds is 6. The highest BCUT2D eigenvalue weighted by Crippen LogP contribution is 2.08. The Labute approximate surface area is 94.7 Å². The molecule has 0 aliphatic carbocycles. The molecule has 0 aliphatic heterocycles. The minimum absolute atomic E-state index is 0.647. The Hall–Kier alpha value is -0.120. The standard InChI is InChI=1S/C10H17ClN2S/c1-8(3-4-11)5-12-6-10-13-9(2)7-14-10/h7-8,12H,3-6H2,1-2H3. The molecular weight excluding hydrogens is 216 g/mol. The maximum absolute atomic E-state index is 5.66. The normalized spacial score (nSPS) is 13.1. The monoisotopic (exact) mass is 232 g/mol. The molecule has 1 aromatic rings. The van der Waals surface area contributed by atoms with Gasteiger partial charge in [0.2, 0.25) is 0 Å². The predicted octanol–water partition coefficient (Wildman–Crippen LogP) is 2.81. The van der Waals surface area contributed by atoms with Crippen LogP contribution in [-0.2, 0) is 6.54 Å². The first-order valence-electron chi connectivity index (χ1n) is 4.90. The van der Waals surface area contributed by atoms with Gasteiger partial charge in [0.05, 0.1) is 0 Å². The Morgan fingerprint density at radius 1 is 1.64 bits per heavy atom. The molecule has 14 heavy (non-hydrogen) atoms. The summed E-state index contributed by atoms with van der Waals surface area (Å²) in [4.78, 5) is 4.38. The molecular formula is C10H17ClN2S.